The van der Waals surface area contributed by atoms with E-state index < -0.39 is 0 Å². The summed E-state index contributed by atoms with van der Waals surface area (Å²) in [6, 6.07) is 13.8. The fourth-order valence-electron chi connectivity index (χ4n) is 3.45. The lowest BCUT2D eigenvalue weighted by atomic mass is 9.88. The predicted octanol–water partition coefficient (Wildman–Crippen LogP) is 3.47. The van der Waals surface area contributed by atoms with E-state index in [2.05, 4.69) is 25.9 Å². The maximum Gasteiger partial charge on any atom is 0.227 e. The molecule has 1 aliphatic carbocycles. The Labute approximate surface area is 166 Å². The number of anilines is 1. The number of amides is 1. The summed E-state index contributed by atoms with van der Waals surface area (Å²) in [5, 5.41) is 9.63. The molecule has 148 valence electrons. The molecular weight excluding hydrogens is 350 g/mol. The highest BCUT2D eigenvalue weighted by molar-refractivity contribution is 5.92. The number of hydrogen-bond acceptors (Lipinski definition) is 3. The monoisotopic (exact) mass is 379 g/mol. The molecule has 0 atom stereocenters. The number of hydrogen-bond donors (Lipinski definition) is 3. The maximum absolute atomic E-state index is 12.4. The van der Waals surface area contributed by atoms with Gasteiger partial charge in [-0.15, -0.1) is 0 Å². The van der Waals surface area contributed by atoms with Crippen molar-refractivity contribution in [2.24, 2.45) is 10.9 Å². The zero-order valence-corrected chi connectivity index (χ0v) is 16.4. The lowest BCUT2D eigenvalue weighted by molar-refractivity contribution is -0.120. The zero-order chi connectivity index (χ0) is 19.6. The van der Waals surface area contributed by atoms with E-state index in [9.17, 15) is 4.79 Å². The molecule has 0 saturated heterocycles. The standard InChI is InChI=1S/C22H29N5O/c1-23-22(26-16-20-11-5-6-13-24-20)25-15-17-8-7-12-19(14-17)27-21(28)18-9-3-2-4-10-18/h5-8,11-14,18H,2-4,9-10,15-16H2,1H3,(H,27,28)(H2,23,25,26). The first kappa shape index (κ1) is 19.9. The first-order valence-corrected chi connectivity index (χ1v) is 9.99. The van der Waals surface area contributed by atoms with Crippen LogP contribution in [0, 0.1) is 5.92 Å². The number of aliphatic imine (C=N–C) groups is 1. The second-order valence-corrected chi connectivity index (χ2v) is 7.12. The van der Waals surface area contributed by atoms with Crippen LogP contribution in [0.4, 0.5) is 5.69 Å². The van der Waals surface area contributed by atoms with Crippen LogP contribution in [0.15, 0.2) is 53.7 Å². The Hall–Kier alpha value is -2.89. The van der Waals surface area contributed by atoms with E-state index in [1.165, 1.54) is 6.42 Å². The van der Waals surface area contributed by atoms with Gasteiger partial charge in [-0.1, -0.05) is 37.5 Å². The molecule has 0 radical (unpaired) electrons. The number of benzene rings is 1. The third-order valence-corrected chi connectivity index (χ3v) is 5.02. The van der Waals surface area contributed by atoms with Gasteiger partial charge in [0.1, 0.15) is 0 Å². The van der Waals surface area contributed by atoms with Crippen LogP contribution in [0.2, 0.25) is 0 Å². The van der Waals surface area contributed by atoms with Crippen LogP contribution in [0.1, 0.15) is 43.4 Å². The first-order chi connectivity index (χ1) is 13.7. The van der Waals surface area contributed by atoms with Crippen LogP contribution < -0.4 is 16.0 Å². The van der Waals surface area contributed by atoms with Crippen molar-refractivity contribution in [3.63, 3.8) is 0 Å². The molecule has 3 N–H and O–H groups in total. The van der Waals surface area contributed by atoms with Crippen molar-refractivity contribution < 1.29 is 4.79 Å². The van der Waals surface area contributed by atoms with Crippen molar-refractivity contribution in [1.82, 2.24) is 15.6 Å². The highest BCUT2D eigenvalue weighted by Crippen LogP contribution is 2.25. The van der Waals surface area contributed by atoms with Crippen molar-refractivity contribution in [1.29, 1.82) is 0 Å². The molecule has 0 unspecified atom stereocenters. The fourth-order valence-corrected chi connectivity index (χ4v) is 3.45. The molecular formula is C22H29N5O. The zero-order valence-electron chi connectivity index (χ0n) is 16.4. The summed E-state index contributed by atoms with van der Waals surface area (Å²) in [7, 11) is 1.74. The summed E-state index contributed by atoms with van der Waals surface area (Å²) in [5.74, 6) is 1.02. The van der Waals surface area contributed by atoms with Crippen LogP contribution in [0.25, 0.3) is 0 Å². The number of guanidine groups is 1. The first-order valence-electron chi connectivity index (χ1n) is 9.99. The number of rotatable bonds is 6. The van der Waals surface area contributed by atoms with Gasteiger partial charge in [-0.3, -0.25) is 14.8 Å². The molecule has 2 aromatic rings. The minimum atomic E-state index is 0.151. The lowest BCUT2D eigenvalue weighted by Crippen LogP contribution is -2.36. The number of nitrogens with one attached hydrogen (secondary N) is 3. The van der Waals surface area contributed by atoms with E-state index in [-0.39, 0.29) is 11.8 Å². The minimum Gasteiger partial charge on any atom is -0.352 e. The second kappa shape index (κ2) is 10.4. The summed E-state index contributed by atoms with van der Waals surface area (Å²) < 4.78 is 0. The molecule has 0 bridgehead atoms. The van der Waals surface area contributed by atoms with Gasteiger partial charge in [0.05, 0.1) is 12.2 Å². The number of nitrogens with zero attached hydrogens (tertiary/aromatic N) is 2. The largest absolute Gasteiger partial charge is 0.352 e. The molecule has 3 rings (SSSR count). The number of aromatic nitrogens is 1. The van der Waals surface area contributed by atoms with E-state index in [0.717, 1.165) is 42.6 Å². The van der Waals surface area contributed by atoms with Gasteiger partial charge in [0.15, 0.2) is 5.96 Å². The highest BCUT2D eigenvalue weighted by atomic mass is 16.1. The Morgan fingerprint density at radius 2 is 1.89 bits per heavy atom. The van der Waals surface area contributed by atoms with E-state index in [0.29, 0.717) is 19.0 Å². The normalized spacial score (nSPS) is 15.1. The molecule has 0 aliphatic heterocycles. The number of carbonyl (C=O) groups is 1. The molecule has 28 heavy (non-hydrogen) atoms. The van der Waals surface area contributed by atoms with Gasteiger partial charge in [-0.05, 0) is 42.7 Å². The van der Waals surface area contributed by atoms with Crippen molar-refractivity contribution in [3.8, 4) is 0 Å². The Morgan fingerprint density at radius 3 is 2.64 bits per heavy atom. The van der Waals surface area contributed by atoms with Gasteiger partial charge >= 0.3 is 0 Å². The quantitative estimate of drug-likeness (QED) is 0.530. The maximum atomic E-state index is 12.4. The summed E-state index contributed by atoms with van der Waals surface area (Å²) in [4.78, 5) is 21.0. The van der Waals surface area contributed by atoms with E-state index in [1.54, 1.807) is 13.2 Å². The van der Waals surface area contributed by atoms with Crippen LogP contribution in [0.5, 0.6) is 0 Å². The molecule has 1 aliphatic rings. The summed E-state index contributed by atoms with van der Waals surface area (Å²) in [5.41, 5.74) is 2.89. The van der Waals surface area contributed by atoms with Crippen LogP contribution in [-0.2, 0) is 17.9 Å². The second-order valence-electron chi connectivity index (χ2n) is 7.12. The average molecular weight is 380 g/mol. The van der Waals surface area contributed by atoms with Crippen LogP contribution in [-0.4, -0.2) is 23.9 Å². The van der Waals surface area contributed by atoms with Gasteiger partial charge < -0.3 is 16.0 Å². The number of pyridine rings is 1. The van der Waals surface area contributed by atoms with Gasteiger partial charge in [0.2, 0.25) is 5.91 Å². The van der Waals surface area contributed by atoms with Gasteiger partial charge in [0.25, 0.3) is 0 Å². The van der Waals surface area contributed by atoms with E-state index in [1.807, 2.05) is 42.5 Å². The van der Waals surface area contributed by atoms with E-state index >= 15 is 0 Å². The highest BCUT2D eigenvalue weighted by Gasteiger charge is 2.20. The van der Waals surface area contributed by atoms with Gasteiger partial charge in [0, 0.05) is 31.4 Å². The summed E-state index contributed by atoms with van der Waals surface area (Å²) in [6.45, 7) is 1.23. The van der Waals surface area contributed by atoms with Crippen molar-refractivity contribution >= 4 is 17.6 Å². The summed E-state index contributed by atoms with van der Waals surface area (Å²) in [6.07, 6.45) is 7.36. The van der Waals surface area contributed by atoms with Crippen LogP contribution >= 0.6 is 0 Å². The van der Waals surface area contributed by atoms with Crippen molar-refractivity contribution in [3.05, 3.63) is 59.9 Å². The predicted molar refractivity (Wildman–Crippen MR) is 113 cm³/mol. The average Bonchev–Trinajstić information content (AvgIpc) is 2.75. The third kappa shape index (κ3) is 6.08. The molecule has 6 nitrogen and oxygen atoms in total. The van der Waals surface area contributed by atoms with Gasteiger partial charge in [-0.2, -0.15) is 0 Å². The molecule has 1 fully saturated rings. The topological polar surface area (TPSA) is 78.4 Å². The Morgan fingerprint density at radius 1 is 1.07 bits per heavy atom. The smallest absolute Gasteiger partial charge is 0.227 e. The SMILES string of the molecule is CN=C(NCc1cccc(NC(=O)C2CCCCC2)c1)NCc1ccccn1. The fraction of sp³-hybridized carbons (Fsp3) is 0.409. The third-order valence-electron chi connectivity index (χ3n) is 5.02. The molecule has 6 heteroatoms. The molecule has 1 heterocycles. The Balaban J connectivity index is 1.49. The minimum absolute atomic E-state index is 0.151. The van der Waals surface area contributed by atoms with Crippen LogP contribution in [0.3, 0.4) is 0 Å². The molecule has 0 spiro atoms. The van der Waals surface area contributed by atoms with Crippen molar-refractivity contribution in [2.45, 2.75) is 45.2 Å². The molecule has 1 saturated carbocycles. The Kier molecular flexibility index (Phi) is 7.41. The lowest BCUT2D eigenvalue weighted by Gasteiger charge is -2.21. The number of carbonyl (C=O) groups excluding carboxylic acids is 1. The molecule has 1 aromatic heterocycles. The molecule has 1 aromatic carbocycles. The van der Waals surface area contributed by atoms with Gasteiger partial charge in [-0.25, -0.2) is 0 Å². The van der Waals surface area contributed by atoms with Crippen molar-refractivity contribution in [2.75, 3.05) is 12.4 Å². The molecule has 1 amide bonds. The van der Waals surface area contributed by atoms with E-state index in [4.69, 9.17) is 0 Å². The summed E-state index contributed by atoms with van der Waals surface area (Å²) >= 11 is 0. The Bertz CT molecular complexity index is 785.